The van der Waals surface area contributed by atoms with Gasteiger partial charge >= 0.3 is 0 Å². The van der Waals surface area contributed by atoms with E-state index in [1.807, 2.05) is 13.8 Å². The summed E-state index contributed by atoms with van der Waals surface area (Å²) < 4.78 is 30.6. The molecule has 1 fully saturated rings. The van der Waals surface area contributed by atoms with Crippen molar-refractivity contribution in [2.24, 2.45) is 11.3 Å². The molecule has 72 valence electrons. The summed E-state index contributed by atoms with van der Waals surface area (Å²) >= 11 is 0. The van der Waals surface area contributed by atoms with E-state index in [0.29, 0.717) is 26.1 Å². The highest BCUT2D eigenvalue weighted by molar-refractivity contribution is 4.86. The Balaban J connectivity index is 2.70. The Morgan fingerprint density at radius 1 is 1.17 bits per heavy atom. The molecule has 0 bridgehead atoms. The van der Waals surface area contributed by atoms with Gasteiger partial charge in [0.2, 0.25) is 6.43 Å². The van der Waals surface area contributed by atoms with Gasteiger partial charge in [-0.1, -0.05) is 13.8 Å². The Kier molecular flexibility index (Phi) is 3.04. The lowest BCUT2D eigenvalue weighted by atomic mass is 9.72. The number of halogens is 2. The van der Waals surface area contributed by atoms with Crippen LogP contribution in [0.3, 0.4) is 0 Å². The molecule has 1 rings (SSSR count). The molecule has 1 heterocycles. The summed E-state index contributed by atoms with van der Waals surface area (Å²) in [6.45, 7) is 4.72. The Bertz CT molecular complexity index is 129. The van der Waals surface area contributed by atoms with Gasteiger partial charge in [-0.05, 0) is 18.8 Å². The van der Waals surface area contributed by atoms with E-state index in [1.165, 1.54) is 0 Å². The van der Waals surface area contributed by atoms with Gasteiger partial charge in [-0.2, -0.15) is 0 Å². The van der Waals surface area contributed by atoms with Gasteiger partial charge in [-0.3, -0.25) is 0 Å². The molecule has 0 aromatic rings. The first-order chi connectivity index (χ1) is 5.59. The van der Waals surface area contributed by atoms with Crippen molar-refractivity contribution >= 4 is 0 Å². The monoisotopic (exact) mass is 178 g/mol. The van der Waals surface area contributed by atoms with Crippen molar-refractivity contribution in [1.82, 2.24) is 0 Å². The number of hydrogen-bond acceptors (Lipinski definition) is 1. The smallest absolute Gasteiger partial charge is 0.244 e. The second-order valence-corrected chi connectivity index (χ2v) is 3.80. The minimum absolute atomic E-state index is 0.0430. The van der Waals surface area contributed by atoms with E-state index in [0.717, 1.165) is 0 Å². The van der Waals surface area contributed by atoms with Crippen LogP contribution < -0.4 is 0 Å². The molecule has 1 aliphatic heterocycles. The molecule has 1 nitrogen and oxygen atoms in total. The highest BCUT2D eigenvalue weighted by Gasteiger charge is 2.43. The second-order valence-electron chi connectivity index (χ2n) is 3.80. The normalized spacial score (nSPS) is 23.5. The first-order valence-electron chi connectivity index (χ1n) is 4.45. The molecular weight excluding hydrogens is 162 g/mol. The van der Waals surface area contributed by atoms with Gasteiger partial charge in [0.1, 0.15) is 0 Å². The SMILES string of the molecule is CC(C)C1(C(F)F)CCOCC1. The molecule has 3 heteroatoms. The zero-order chi connectivity index (χ0) is 9.19. The maximum atomic E-state index is 12.8. The first kappa shape index (κ1) is 9.90. The van der Waals surface area contributed by atoms with Crippen LogP contribution in [0.25, 0.3) is 0 Å². The molecule has 12 heavy (non-hydrogen) atoms. The highest BCUT2D eigenvalue weighted by atomic mass is 19.3. The molecule has 0 saturated carbocycles. The van der Waals surface area contributed by atoms with E-state index in [4.69, 9.17) is 4.74 Å². The lowest BCUT2D eigenvalue weighted by Crippen LogP contribution is -2.40. The summed E-state index contributed by atoms with van der Waals surface area (Å²) in [4.78, 5) is 0. The fourth-order valence-electron chi connectivity index (χ4n) is 1.80. The van der Waals surface area contributed by atoms with Crippen LogP contribution in [0.4, 0.5) is 8.78 Å². The lowest BCUT2D eigenvalue weighted by Gasteiger charge is -2.39. The molecule has 0 unspecified atom stereocenters. The molecular formula is C9H16F2O. The quantitative estimate of drug-likeness (QED) is 0.631. The van der Waals surface area contributed by atoms with Crippen LogP contribution in [0.5, 0.6) is 0 Å². The number of rotatable bonds is 2. The predicted molar refractivity (Wildman–Crippen MR) is 43.3 cm³/mol. The standard InChI is InChI=1S/C9H16F2O/c1-7(2)9(8(10)11)3-5-12-6-4-9/h7-8H,3-6H2,1-2H3. The predicted octanol–water partition coefficient (Wildman–Crippen LogP) is 2.70. The Hall–Kier alpha value is -0.180. The van der Waals surface area contributed by atoms with Crippen molar-refractivity contribution < 1.29 is 13.5 Å². The van der Waals surface area contributed by atoms with Gasteiger partial charge in [-0.25, -0.2) is 8.78 Å². The summed E-state index contributed by atoms with van der Waals surface area (Å²) in [6.07, 6.45) is -1.20. The molecule has 0 aromatic carbocycles. The van der Waals surface area contributed by atoms with Gasteiger partial charge in [0.05, 0.1) is 0 Å². The molecule has 0 N–H and O–H groups in total. The molecule has 0 spiro atoms. The van der Waals surface area contributed by atoms with Crippen LogP contribution in [0.1, 0.15) is 26.7 Å². The van der Waals surface area contributed by atoms with Crippen molar-refractivity contribution in [2.75, 3.05) is 13.2 Å². The third-order valence-electron chi connectivity index (χ3n) is 3.01. The van der Waals surface area contributed by atoms with E-state index in [-0.39, 0.29) is 5.92 Å². The molecule has 0 amide bonds. The average Bonchev–Trinajstić information content (AvgIpc) is 2.05. The molecule has 0 radical (unpaired) electrons. The van der Waals surface area contributed by atoms with Gasteiger partial charge in [-0.15, -0.1) is 0 Å². The fourth-order valence-corrected chi connectivity index (χ4v) is 1.80. The zero-order valence-electron chi connectivity index (χ0n) is 7.65. The summed E-state index contributed by atoms with van der Waals surface area (Å²) in [5.41, 5.74) is -0.780. The van der Waals surface area contributed by atoms with Crippen LogP contribution in [0, 0.1) is 11.3 Å². The highest BCUT2D eigenvalue weighted by Crippen LogP contribution is 2.43. The summed E-state index contributed by atoms with van der Waals surface area (Å²) in [7, 11) is 0. The van der Waals surface area contributed by atoms with E-state index in [1.54, 1.807) is 0 Å². The second kappa shape index (κ2) is 3.69. The van der Waals surface area contributed by atoms with E-state index >= 15 is 0 Å². The maximum absolute atomic E-state index is 12.8. The number of ether oxygens (including phenoxy) is 1. The average molecular weight is 178 g/mol. The van der Waals surface area contributed by atoms with Gasteiger partial charge in [0.25, 0.3) is 0 Å². The van der Waals surface area contributed by atoms with Gasteiger partial charge in [0, 0.05) is 18.6 Å². The first-order valence-corrected chi connectivity index (χ1v) is 4.45. The summed E-state index contributed by atoms with van der Waals surface area (Å²) in [6, 6.07) is 0. The van der Waals surface area contributed by atoms with Crippen LogP contribution in [0.2, 0.25) is 0 Å². The van der Waals surface area contributed by atoms with Crippen LogP contribution >= 0.6 is 0 Å². The van der Waals surface area contributed by atoms with Crippen molar-refractivity contribution in [3.63, 3.8) is 0 Å². The molecule has 0 aromatic heterocycles. The topological polar surface area (TPSA) is 9.23 Å². The molecule has 0 aliphatic carbocycles. The fraction of sp³-hybridized carbons (Fsp3) is 1.00. The largest absolute Gasteiger partial charge is 0.381 e. The van der Waals surface area contributed by atoms with E-state index in [2.05, 4.69) is 0 Å². The van der Waals surface area contributed by atoms with Crippen LogP contribution in [-0.4, -0.2) is 19.6 Å². The van der Waals surface area contributed by atoms with E-state index < -0.39 is 11.8 Å². The maximum Gasteiger partial charge on any atom is 0.244 e. The van der Waals surface area contributed by atoms with Gasteiger partial charge in [0.15, 0.2) is 0 Å². The Morgan fingerprint density at radius 2 is 1.67 bits per heavy atom. The van der Waals surface area contributed by atoms with Gasteiger partial charge < -0.3 is 4.74 Å². The van der Waals surface area contributed by atoms with Crippen molar-refractivity contribution in [3.05, 3.63) is 0 Å². The minimum Gasteiger partial charge on any atom is -0.381 e. The third kappa shape index (κ3) is 1.60. The van der Waals surface area contributed by atoms with Crippen LogP contribution in [0.15, 0.2) is 0 Å². The van der Waals surface area contributed by atoms with Crippen molar-refractivity contribution in [3.8, 4) is 0 Å². The summed E-state index contributed by atoms with van der Waals surface area (Å²) in [5, 5.41) is 0. The molecule has 1 aliphatic rings. The lowest BCUT2D eigenvalue weighted by molar-refractivity contribution is -0.105. The Labute approximate surface area is 72.1 Å². The molecule has 1 saturated heterocycles. The number of hydrogen-bond donors (Lipinski definition) is 0. The number of alkyl halides is 2. The van der Waals surface area contributed by atoms with Crippen molar-refractivity contribution in [2.45, 2.75) is 33.1 Å². The zero-order valence-corrected chi connectivity index (χ0v) is 7.65. The molecule has 0 atom stereocenters. The van der Waals surface area contributed by atoms with E-state index in [9.17, 15) is 8.78 Å². The third-order valence-corrected chi connectivity index (χ3v) is 3.01. The van der Waals surface area contributed by atoms with Crippen LogP contribution in [-0.2, 0) is 4.74 Å². The Morgan fingerprint density at radius 3 is 1.92 bits per heavy atom. The summed E-state index contributed by atoms with van der Waals surface area (Å²) in [5.74, 6) is 0.0430. The minimum atomic E-state index is -2.21. The van der Waals surface area contributed by atoms with Crippen molar-refractivity contribution in [1.29, 1.82) is 0 Å².